The van der Waals surface area contributed by atoms with Crippen molar-refractivity contribution in [1.82, 2.24) is 25.2 Å². The molecule has 0 radical (unpaired) electrons. The summed E-state index contributed by atoms with van der Waals surface area (Å²) in [6.45, 7) is 0. The van der Waals surface area contributed by atoms with Crippen LogP contribution in [0.4, 0.5) is 5.95 Å². The summed E-state index contributed by atoms with van der Waals surface area (Å²) in [5.74, 6) is 1.38. The molecule has 2 atom stereocenters. The second-order valence-electron chi connectivity index (χ2n) is 7.14. The molecule has 2 aliphatic heterocycles. The summed E-state index contributed by atoms with van der Waals surface area (Å²) < 4.78 is 8.30. The lowest BCUT2D eigenvalue weighted by Crippen LogP contribution is -2.32. The lowest BCUT2D eigenvalue weighted by Gasteiger charge is -2.38. The van der Waals surface area contributed by atoms with Gasteiger partial charge in [0.2, 0.25) is 5.95 Å². The van der Waals surface area contributed by atoms with Crippen molar-refractivity contribution in [3.8, 4) is 5.75 Å². The van der Waals surface area contributed by atoms with Crippen molar-refractivity contribution < 1.29 is 4.74 Å². The van der Waals surface area contributed by atoms with E-state index in [1.54, 1.807) is 10.9 Å². The Bertz CT molecular complexity index is 1270. The Balaban J connectivity index is 1.63. The number of rotatable bonds is 2. The Morgan fingerprint density at radius 2 is 1.83 bits per heavy atom. The smallest absolute Gasteiger partial charge is 0.248 e. The van der Waals surface area contributed by atoms with Gasteiger partial charge in [-0.15, -0.1) is 0 Å². The molecule has 4 heterocycles. The van der Waals surface area contributed by atoms with Gasteiger partial charge in [-0.25, -0.2) is 0 Å². The maximum atomic E-state index is 6.53. The van der Waals surface area contributed by atoms with Crippen LogP contribution >= 0.6 is 11.6 Å². The molecule has 0 amide bonds. The largest absolute Gasteiger partial charge is 0.480 e. The first-order valence-electron chi connectivity index (χ1n) is 9.50. The molecule has 7 nitrogen and oxygen atoms in total. The number of anilines is 1. The van der Waals surface area contributed by atoms with Crippen LogP contribution in [0, 0.1) is 0 Å². The van der Waals surface area contributed by atoms with Gasteiger partial charge in [-0.05, 0) is 51.9 Å². The maximum absolute atomic E-state index is 6.53. The molecule has 2 aromatic heterocycles. The number of halogens is 1. The second-order valence-corrected chi connectivity index (χ2v) is 7.57. The highest BCUT2D eigenvalue weighted by molar-refractivity contribution is 6.30. The summed E-state index contributed by atoms with van der Waals surface area (Å²) in [5, 5.41) is 16.4. The highest BCUT2D eigenvalue weighted by Gasteiger charge is 2.41. The van der Waals surface area contributed by atoms with Crippen LogP contribution in [0.5, 0.6) is 5.75 Å². The molecule has 6 rings (SSSR count). The van der Waals surface area contributed by atoms with E-state index < -0.39 is 0 Å². The Morgan fingerprint density at radius 1 is 0.967 bits per heavy atom. The standard InChI is InChI=1S/C22H15ClN6O/c23-15-9-7-13(8-10-15)21-18-19(16-5-1-2-6-17(16)30-21)25-22-26-27-28-29(22)20(18)14-4-3-11-24-12-14/h1-12,20-21H,(H,25,26,28)/t20-,21+/m0/s1. The number of ether oxygens (including phenoxy) is 1. The van der Waals surface area contributed by atoms with Gasteiger partial charge in [0.15, 0.2) is 0 Å². The molecule has 0 aliphatic carbocycles. The van der Waals surface area contributed by atoms with Crippen LogP contribution in [0.3, 0.4) is 0 Å². The number of tetrazole rings is 1. The number of pyridine rings is 1. The molecule has 0 saturated carbocycles. The third-order valence-corrected chi connectivity index (χ3v) is 5.67. The van der Waals surface area contributed by atoms with Crippen molar-refractivity contribution in [3.05, 3.63) is 100 Å². The maximum Gasteiger partial charge on any atom is 0.248 e. The van der Waals surface area contributed by atoms with Crippen LogP contribution in [0.1, 0.15) is 28.8 Å². The van der Waals surface area contributed by atoms with Gasteiger partial charge in [-0.2, -0.15) is 4.68 Å². The highest BCUT2D eigenvalue weighted by Crippen LogP contribution is 2.50. The summed E-state index contributed by atoms with van der Waals surface area (Å²) >= 11 is 6.14. The van der Waals surface area contributed by atoms with Gasteiger partial charge in [-0.3, -0.25) is 4.98 Å². The number of nitrogens with one attached hydrogen (secondary N) is 1. The van der Waals surface area contributed by atoms with Gasteiger partial charge in [0.25, 0.3) is 0 Å². The van der Waals surface area contributed by atoms with Gasteiger partial charge in [0.1, 0.15) is 17.9 Å². The molecule has 4 aromatic rings. The third kappa shape index (κ3) is 2.59. The molecule has 0 saturated heterocycles. The van der Waals surface area contributed by atoms with Gasteiger partial charge < -0.3 is 10.1 Å². The topological polar surface area (TPSA) is 77.8 Å². The summed E-state index contributed by atoms with van der Waals surface area (Å²) in [6, 6.07) is 19.4. The number of hydrogen-bond donors (Lipinski definition) is 1. The van der Waals surface area contributed by atoms with Gasteiger partial charge in [0.05, 0.1) is 5.70 Å². The summed E-state index contributed by atoms with van der Waals surface area (Å²) in [4.78, 5) is 4.33. The van der Waals surface area contributed by atoms with Crippen molar-refractivity contribution in [2.45, 2.75) is 12.1 Å². The molecular weight excluding hydrogens is 400 g/mol. The number of benzene rings is 2. The fourth-order valence-electron chi connectivity index (χ4n) is 4.11. The zero-order valence-corrected chi connectivity index (χ0v) is 16.4. The predicted octanol–water partition coefficient (Wildman–Crippen LogP) is 4.28. The number of nitrogens with zero attached hydrogens (tertiary/aromatic N) is 5. The van der Waals surface area contributed by atoms with Crippen molar-refractivity contribution >= 4 is 23.2 Å². The van der Waals surface area contributed by atoms with Crippen LogP contribution in [0.15, 0.2) is 78.6 Å². The van der Waals surface area contributed by atoms with E-state index in [0.29, 0.717) is 11.0 Å². The van der Waals surface area contributed by atoms with E-state index in [1.165, 1.54) is 0 Å². The third-order valence-electron chi connectivity index (χ3n) is 5.41. The first-order valence-corrected chi connectivity index (χ1v) is 9.88. The molecule has 8 heteroatoms. The first-order chi connectivity index (χ1) is 14.8. The van der Waals surface area contributed by atoms with E-state index in [0.717, 1.165) is 33.7 Å². The minimum absolute atomic E-state index is 0.269. The second kappa shape index (κ2) is 6.67. The molecule has 0 spiro atoms. The SMILES string of the molecule is Clc1ccc([C@H]2Oc3ccccc3C3=C2[C@H](c2cccnc2)n2nnnc2N3)cc1. The van der Waals surface area contributed by atoms with Gasteiger partial charge in [-0.1, -0.05) is 47.0 Å². The normalized spacial score (nSPS) is 19.2. The molecular formula is C22H15ClN6O. The van der Waals surface area contributed by atoms with Crippen LogP contribution in [-0.2, 0) is 0 Å². The van der Waals surface area contributed by atoms with Crippen LogP contribution < -0.4 is 10.1 Å². The van der Waals surface area contributed by atoms with Crippen LogP contribution in [0.2, 0.25) is 5.02 Å². The average molecular weight is 415 g/mol. The summed E-state index contributed by atoms with van der Waals surface area (Å²) in [5.41, 5.74) is 4.91. The molecule has 0 unspecified atom stereocenters. The molecule has 1 N–H and O–H groups in total. The van der Waals surface area contributed by atoms with E-state index in [2.05, 4.69) is 25.8 Å². The van der Waals surface area contributed by atoms with Crippen LogP contribution in [0.25, 0.3) is 5.70 Å². The quantitative estimate of drug-likeness (QED) is 0.527. The van der Waals surface area contributed by atoms with E-state index in [4.69, 9.17) is 16.3 Å². The average Bonchev–Trinajstić information content (AvgIpc) is 3.26. The minimum atomic E-state index is -0.345. The Labute approximate surface area is 177 Å². The number of para-hydroxylation sites is 1. The fourth-order valence-corrected chi connectivity index (χ4v) is 4.24. The van der Waals surface area contributed by atoms with Crippen molar-refractivity contribution in [2.24, 2.45) is 0 Å². The minimum Gasteiger partial charge on any atom is -0.480 e. The Kier molecular flexibility index (Phi) is 3.82. The Morgan fingerprint density at radius 3 is 2.67 bits per heavy atom. The molecule has 2 aromatic carbocycles. The van der Waals surface area contributed by atoms with E-state index in [-0.39, 0.29) is 12.1 Å². The highest BCUT2D eigenvalue weighted by atomic mass is 35.5. The van der Waals surface area contributed by atoms with E-state index in [9.17, 15) is 0 Å². The number of aromatic nitrogens is 5. The van der Waals surface area contributed by atoms with E-state index >= 15 is 0 Å². The molecule has 146 valence electrons. The summed E-state index contributed by atoms with van der Waals surface area (Å²) in [7, 11) is 0. The van der Waals surface area contributed by atoms with Gasteiger partial charge >= 0.3 is 0 Å². The number of hydrogen-bond acceptors (Lipinski definition) is 6. The fraction of sp³-hybridized carbons (Fsp3) is 0.0909. The molecule has 0 fully saturated rings. The lowest BCUT2D eigenvalue weighted by atomic mass is 9.85. The monoisotopic (exact) mass is 414 g/mol. The predicted molar refractivity (Wildman–Crippen MR) is 112 cm³/mol. The lowest BCUT2D eigenvalue weighted by molar-refractivity contribution is 0.222. The van der Waals surface area contributed by atoms with E-state index in [1.807, 2.05) is 66.9 Å². The van der Waals surface area contributed by atoms with Crippen LogP contribution in [-0.4, -0.2) is 25.2 Å². The molecule has 2 aliphatic rings. The van der Waals surface area contributed by atoms with Crippen molar-refractivity contribution in [1.29, 1.82) is 0 Å². The zero-order valence-electron chi connectivity index (χ0n) is 15.6. The Hall–Kier alpha value is -3.71. The van der Waals surface area contributed by atoms with Crippen molar-refractivity contribution in [2.75, 3.05) is 5.32 Å². The molecule has 0 bridgehead atoms. The zero-order chi connectivity index (χ0) is 20.1. The van der Waals surface area contributed by atoms with Crippen molar-refractivity contribution in [3.63, 3.8) is 0 Å². The molecule has 30 heavy (non-hydrogen) atoms. The summed E-state index contributed by atoms with van der Waals surface area (Å²) in [6.07, 6.45) is 3.25. The number of fused-ring (bicyclic) bond motifs is 3. The van der Waals surface area contributed by atoms with Gasteiger partial charge in [0, 0.05) is 28.6 Å². The first kappa shape index (κ1) is 17.2.